The molecule has 0 bridgehead atoms. The third-order valence-corrected chi connectivity index (χ3v) is 8.54. The van der Waals surface area contributed by atoms with Crippen LogP contribution in [0.4, 0.5) is 0 Å². The largest absolute Gasteiger partial charge is 1.00 e. The van der Waals surface area contributed by atoms with Crippen molar-refractivity contribution in [1.29, 1.82) is 0 Å². The van der Waals surface area contributed by atoms with E-state index in [9.17, 15) is 19.5 Å². The SMILES string of the molecule is C[N+](C)(C)CCCN=c1cc2c(=O)n(CCC[N+](C)(C)C)c(=O)c3c(Br)cc4c(O)n(CCC[N+](C)(C)C)c(=O)c1c4c3-2.[Cl-].[Cl-].[Cl-]. The average Bonchev–Trinajstić information content (AvgIpc) is 2.86. The highest BCUT2D eigenvalue weighted by Crippen LogP contribution is 2.40. The normalized spacial score (nSPS) is 12.9. The highest BCUT2D eigenvalue weighted by atomic mass is 79.9. The molecule has 258 valence electrons. The smallest absolute Gasteiger partial charge is 0.263 e. The van der Waals surface area contributed by atoms with Crippen LogP contribution in [0.5, 0.6) is 5.88 Å². The lowest BCUT2D eigenvalue weighted by atomic mass is 9.90. The van der Waals surface area contributed by atoms with Gasteiger partial charge in [0.15, 0.2) is 0 Å². The molecule has 0 radical (unpaired) electrons. The number of hydrogen-bond donors (Lipinski definition) is 1. The molecule has 1 N–H and O–H groups in total. The summed E-state index contributed by atoms with van der Waals surface area (Å²) in [6.45, 7) is 3.62. The first-order valence-corrected chi connectivity index (χ1v) is 15.8. The first-order chi connectivity index (χ1) is 19.8. The van der Waals surface area contributed by atoms with Crippen molar-refractivity contribution in [3.05, 3.63) is 53.0 Å². The molecule has 4 rings (SSSR count). The molecular formula is C32H48BrCl3N6O4. The minimum atomic E-state index is -0.395. The molecular weight excluding hydrogens is 719 g/mol. The lowest BCUT2D eigenvalue weighted by Crippen LogP contribution is -3.00. The summed E-state index contributed by atoms with van der Waals surface area (Å²) in [5.74, 6) is -0.162. The van der Waals surface area contributed by atoms with E-state index in [0.29, 0.717) is 68.4 Å². The van der Waals surface area contributed by atoms with Gasteiger partial charge in [-0.3, -0.25) is 28.5 Å². The van der Waals surface area contributed by atoms with Crippen LogP contribution in [0, 0.1) is 0 Å². The topological polar surface area (TPSA) is 93.7 Å². The van der Waals surface area contributed by atoms with Crippen molar-refractivity contribution in [2.45, 2.75) is 32.4 Å². The second-order valence-electron chi connectivity index (χ2n) is 14.9. The van der Waals surface area contributed by atoms with Crippen LogP contribution in [0.3, 0.4) is 0 Å². The van der Waals surface area contributed by atoms with Crippen LogP contribution >= 0.6 is 15.9 Å². The molecule has 2 aliphatic rings. The fraction of sp³-hybridized carbons (Fsp3) is 0.562. The van der Waals surface area contributed by atoms with Crippen LogP contribution in [0.2, 0.25) is 0 Å². The van der Waals surface area contributed by atoms with Gasteiger partial charge in [-0.15, -0.1) is 0 Å². The first kappa shape index (κ1) is 42.0. The van der Waals surface area contributed by atoms with Gasteiger partial charge in [-0.2, -0.15) is 0 Å². The molecule has 0 fully saturated rings. The summed E-state index contributed by atoms with van der Waals surface area (Å²) in [4.78, 5) is 46.8. The number of quaternary nitrogens is 3. The Morgan fingerprint density at radius 1 is 0.674 bits per heavy atom. The molecule has 2 aromatic rings. The number of nitrogens with zero attached hydrogens (tertiary/aromatic N) is 6. The van der Waals surface area contributed by atoms with Crippen LogP contribution in [0.1, 0.15) is 19.3 Å². The molecule has 1 aliphatic carbocycles. The molecule has 1 aromatic carbocycles. The lowest BCUT2D eigenvalue weighted by Gasteiger charge is -2.25. The molecule has 1 aromatic heterocycles. The first-order valence-electron chi connectivity index (χ1n) is 15.0. The number of rotatable bonds is 12. The van der Waals surface area contributed by atoms with Crippen molar-refractivity contribution in [3.63, 3.8) is 0 Å². The predicted molar refractivity (Wildman–Crippen MR) is 178 cm³/mol. The van der Waals surface area contributed by atoms with Crippen molar-refractivity contribution in [3.8, 4) is 17.0 Å². The molecule has 1 aliphatic heterocycles. The van der Waals surface area contributed by atoms with Gasteiger partial charge in [0.05, 0.1) is 105 Å². The maximum absolute atomic E-state index is 14.1. The molecule has 46 heavy (non-hydrogen) atoms. The summed E-state index contributed by atoms with van der Waals surface area (Å²) in [5.41, 5.74) is -0.399. The summed E-state index contributed by atoms with van der Waals surface area (Å²) < 4.78 is 5.45. The maximum atomic E-state index is 14.1. The summed E-state index contributed by atoms with van der Waals surface area (Å²) >= 11 is 3.59. The Hall–Kier alpha value is -1.99. The van der Waals surface area contributed by atoms with Crippen LogP contribution in [-0.4, -0.2) is 117 Å². The number of hydrogen-bond acceptors (Lipinski definition) is 5. The van der Waals surface area contributed by atoms with Crippen molar-refractivity contribution in [1.82, 2.24) is 9.13 Å². The summed E-state index contributed by atoms with van der Waals surface area (Å²) in [7, 11) is 18.8. The standard InChI is InChI=1S/C32H47BrN6O4.3ClH/c1-37(2,3)16-10-13-34-24-20-22-25-26-21(29(40)36(32(43)28(24)26)15-12-18-39(7,8)9)19-23(33)27(25)31(42)35(30(22)41)14-11-17-38(4,5)6;;;/h19-20H,10-18H2,1-9H3;3*1H/q+2;;;/p-2. The van der Waals surface area contributed by atoms with Gasteiger partial charge >= 0.3 is 0 Å². The van der Waals surface area contributed by atoms with Gasteiger partial charge in [-0.1, -0.05) is 0 Å². The molecule has 0 unspecified atom stereocenters. The minimum absolute atomic E-state index is 0. The Morgan fingerprint density at radius 2 is 1.15 bits per heavy atom. The van der Waals surface area contributed by atoms with E-state index in [4.69, 9.17) is 4.99 Å². The van der Waals surface area contributed by atoms with Gasteiger partial charge in [-0.05, 0) is 28.1 Å². The second-order valence-corrected chi connectivity index (χ2v) is 15.7. The van der Waals surface area contributed by atoms with Crippen LogP contribution < -0.4 is 59.3 Å². The van der Waals surface area contributed by atoms with Crippen molar-refractivity contribution >= 4 is 37.5 Å². The Bertz CT molecular complexity index is 1860. The maximum Gasteiger partial charge on any atom is 0.263 e. The van der Waals surface area contributed by atoms with E-state index < -0.39 is 11.1 Å². The molecule has 0 spiro atoms. The quantitative estimate of drug-likeness (QED) is 0.0883. The Kier molecular flexibility index (Phi) is 14.2. The monoisotopic (exact) mass is 764 g/mol. The van der Waals surface area contributed by atoms with Gasteiger partial charge in [0, 0.05) is 59.7 Å². The number of halogens is 4. The molecule has 0 saturated carbocycles. The van der Waals surface area contributed by atoms with E-state index in [1.165, 1.54) is 9.13 Å². The van der Waals surface area contributed by atoms with E-state index in [1.54, 1.807) is 12.1 Å². The van der Waals surface area contributed by atoms with Crippen molar-refractivity contribution in [2.24, 2.45) is 4.99 Å². The van der Waals surface area contributed by atoms with E-state index in [2.05, 4.69) is 79.4 Å². The van der Waals surface area contributed by atoms with Crippen LogP contribution in [0.15, 0.2) is 36.0 Å². The summed E-state index contributed by atoms with van der Waals surface area (Å²) in [5, 5.41) is 13.5. The van der Waals surface area contributed by atoms with E-state index in [-0.39, 0.29) is 55.2 Å². The fourth-order valence-corrected chi connectivity index (χ4v) is 6.39. The zero-order valence-corrected chi connectivity index (χ0v) is 32.2. The summed E-state index contributed by atoms with van der Waals surface area (Å²) in [6.07, 6.45) is 2.15. The van der Waals surface area contributed by atoms with E-state index in [1.807, 2.05) is 0 Å². The van der Waals surface area contributed by atoms with Crippen LogP contribution in [-0.2, 0) is 13.1 Å². The molecule has 14 heteroatoms. The van der Waals surface area contributed by atoms with Gasteiger partial charge in [0.25, 0.3) is 16.7 Å². The van der Waals surface area contributed by atoms with E-state index in [0.717, 1.165) is 39.5 Å². The zero-order valence-electron chi connectivity index (χ0n) is 28.4. The van der Waals surface area contributed by atoms with Crippen molar-refractivity contribution < 1.29 is 55.8 Å². The van der Waals surface area contributed by atoms with Gasteiger partial charge in [-0.25, -0.2) is 0 Å². The number of aromatic nitrogens is 2. The fourth-order valence-electron chi connectivity index (χ4n) is 5.79. The third-order valence-electron chi connectivity index (χ3n) is 7.92. The molecule has 2 heterocycles. The summed E-state index contributed by atoms with van der Waals surface area (Å²) in [6, 6.07) is 3.40. The second kappa shape index (κ2) is 15.5. The van der Waals surface area contributed by atoms with Gasteiger partial charge in [0.2, 0.25) is 5.88 Å². The number of pyridine rings is 2. The van der Waals surface area contributed by atoms with E-state index >= 15 is 0 Å². The Labute approximate surface area is 298 Å². The highest BCUT2D eigenvalue weighted by molar-refractivity contribution is 9.10. The minimum Gasteiger partial charge on any atom is -1.00 e. The van der Waals surface area contributed by atoms with Crippen LogP contribution in [0.25, 0.3) is 32.7 Å². The molecule has 0 atom stereocenters. The van der Waals surface area contributed by atoms with Crippen molar-refractivity contribution in [2.75, 3.05) is 89.6 Å². The predicted octanol–water partition coefficient (Wildman–Crippen LogP) is -6.67. The Balaban J connectivity index is 0.00000353. The lowest BCUT2D eigenvalue weighted by molar-refractivity contribution is -0.870. The number of aromatic hydroxyl groups is 1. The Morgan fingerprint density at radius 3 is 1.67 bits per heavy atom. The highest BCUT2D eigenvalue weighted by Gasteiger charge is 2.28. The third kappa shape index (κ3) is 9.12. The molecule has 10 nitrogen and oxygen atoms in total. The molecule has 0 amide bonds. The zero-order chi connectivity index (χ0) is 32.1. The van der Waals surface area contributed by atoms with Gasteiger partial charge < -0.3 is 55.8 Å². The number of benzene rings is 2. The van der Waals surface area contributed by atoms with Gasteiger partial charge in [0.1, 0.15) is 0 Å². The average molecular weight is 767 g/mol. The molecule has 0 saturated heterocycles.